The van der Waals surface area contributed by atoms with E-state index >= 15 is 0 Å². The molecule has 1 atom stereocenters. The first-order valence-corrected chi connectivity index (χ1v) is 14.4. The van der Waals surface area contributed by atoms with Crippen molar-refractivity contribution in [1.29, 1.82) is 0 Å². The summed E-state index contributed by atoms with van der Waals surface area (Å²) in [5.41, 5.74) is 2.58. The third-order valence-electron chi connectivity index (χ3n) is 6.14. The fourth-order valence-electron chi connectivity index (χ4n) is 4.30. The van der Waals surface area contributed by atoms with E-state index in [9.17, 15) is 14.4 Å². The van der Waals surface area contributed by atoms with E-state index in [-0.39, 0.29) is 19.8 Å². The number of ether oxygens (including phenoxy) is 3. The quantitative estimate of drug-likeness (QED) is 0.191. The van der Waals surface area contributed by atoms with Gasteiger partial charge < -0.3 is 24.0 Å². The molecule has 1 aromatic carbocycles. The number of hydrogen-bond donors (Lipinski definition) is 0. The molecule has 9 nitrogen and oxygen atoms in total. The van der Waals surface area contributed by atoms with Crippen LogP contribution < -0.4 is 4.74 Å². The minimum atomic E-state index is -1.03. The Hall–Kier alpha value is -2.94. The molecule has 1 aliphatic rings. The van der Waals surface area contributed by atoms with Gasteiger partial charge in [0.15, 0.2) is 6.04 Å². The van der Waals surface area contributed by atoms with E-state index in [1.54, 1.807) is 31.8 Å². The van der Waals surface area contributed by atoms with E-state index in [0.717, 1.165) is 10.4 Å². The highest BCUT2D eigenvalue weighted by atomic mass is 79.9. The molecule has 0 saturated heterocycles. The van der Waals surface area contributed by atoms with Crippen molar-refractivity contribution in [3.8, 4) is 17.6 Å². The lowest BCUT2D eigenvalue weighted by atomic mass is 9.92. The number of aromatic nitrogens is 1. The van der Waals surface area contributed by atoms with Gasteiger partial charge in [0.25, 0.3) is 0 Å². The smallest absolute Gasteiger partial charge is 0.333 e. The summed E-state index contributed by atoms with van der Waals surface area (Å²) >= 11 is 4.93. The first kappa shape index (κ1) is 30.6. The molecule has 1 unspecified atom stereocenters. The first-order valence-electron chi connectivity index (χ1n) is 12.7. The van der Waals surface area contributed by atoms with Gasteiger partial charge in [0.2, 0.25) is 0 Å². The van der Waals surface area contributed by atoms with Crippen molar-refractivity contribution in [2.24, 2.45) is 0 Å². The van der Waals surface area contributed by atoms with E-state index in [4.69, 9.17) is 14.2 Å². The van der Waals surface area contributed by atoms with Gasteiger partial charge in [-0.2, -0.15) is 0 Å². The summed E-state index contributed by atoms with van der Waals surface area (Å²) in [4.78, 5) is 48.0. The maximum atomic E-state index is 13.6. The van der Waals surface area contributed by atoms with E-state index in [0.29, 0.717) is 41.8 Å². The molecule has 0 N–H and O–H groups in total. The number of carbonyl (C=O) groups excluding carboxylic acids is 3. The topological polar surface area (TPSA) is 98.3 Å². The summed E-state index contributed by atoms with van der Waals surface area (Å²) in [5.74, 6) is 4.56. The molecule has 39 heavy (non-hydrogen) atoms. The zero-order valence-electron chi connectivity index (χ0n) is 22.9. The van der Waals surface area contributed by atoms with Crippen LogP contribution >= 0.6 is 27.3 Å². The second-order valence-electron chi connectivity index (χ2n) is 9.79. The van der Waals surface area contributed by atoms with Gasteiger partial charge in [-0.05, 0) is 79.7 Å². The summed E-state index contributed by atoms with van der Waals surface area (Å²) in [7, 11) is 1.56. The second-order valence-corrected chi connectivity index (χ2v) is 11.5. The number of amides is 2. The molecule has 2 aromatic rings. The van der Waals surface area contributed by atoms with Gasteiger partial charge in [-0.15, -0.1) is 11.3 Å². The lowest BCUT2D eigenvalue weighted by Gasteiger charge is -2.39. The van der Waals surface area contributed by atoms with E-state index in [2.05, 4.69) is 32.8 Å². The van der Waals surface area contributed by atoms with Crippen molar-refractivity contribution in [1.82, 2.24) is 14.8 Å². The maximum absolute atomic E-state index is 13.6. The molecule has 1 aromatic heterocycles. The van der Waals surface area contributed by atoms with Gasteiger partial charge in [0.1, 0.15) is 12.4 Å². The number of carbonyl (C=O) groups is 3. The van der Waals surface area contributed by atoms with Crippen molar-refractivity contribution >= 4 is 45.1 Å². The van der Waals surface area contributed by atoms with Crippen LogP contribution in [0.2, 0.25) is 0 Å². The van der Waals surface area contributed by atoms with Crippen LogP contribution in [0.25, 0.3) is 0 Å². The van der Waals surface area contributed by atoms with Crippen molar-refractivity contribution in [2.45, 2.75) is 52.1 Å². The summed E-state index contributed by atoms with van der Waals surface area (Å²) < 4.78 is 17.0. The molecule has 210 valence electrons. The molecule has 2 heterocycles. The molecule has 0 aliphatic carbocycles. The second kappa shape index (κ2) is 13.9. The number of hydrogen-bond acceptors (Lipinski definition) is 8. The summed E-state index contributed by atoms with van der Waals surface area (Å²) in [5, 5.41) is 0. The normalized spacial score (nSPS) is 14.6. The van der Waals surface area contributed by atoms with Gasteiger partial charge in [-0.3, -0.25) is 14.6 Å². The van der Waals surface area contributed by atoms with Crippen LogP contribution in [0, 0.1) is 11.8 Å². The Labute approximate surface area is 241 Å². The average molecular weight is 621 g/mol. The monoisotopic (exact) mass is 619 g/mol. The van der Waals surface area contributed by atoms with Crippen molar-refractivity contribution in [3.63, 3.8) is 0 Å². The zero-order chi connectivity index (χ0) is 28.6. The summed E-state index contributed by atoms with van der Waals surface area (Å²) in [6, 6.07) is 2.57. The largest absolute Gasteiger partial charge is 0.496 e. The highest BCUT2D eigenvalue weighted by Crippen LogP contribution is 2.37. The molecule has 2 amide bonds. The van der Waals surface area contributed by atoms with Gasteiger partial charge in [-0.25, -0.2) is 4.79 Å². The number of esters is 1. The van der Waals surface area contributed by atoms with Crippen molar-refractivity contribution in [3.05, 3.63) is 44.3 Å². The predicted octanol–water partition coefficient (Wildman–Crippen LogP) is 3.99. The van der Waals surface area contributed by atoms with Crippen LogP contribution in [0.4, 0.5) is 0 Å². The Balaban J connectivity index is 1.72. The molecule has 11 heteroatoms. The standard InChI is InChI=1S/C28H34BrN3O6S/c1-6-38-27(35)24-21-16-22(29)23(36-5)15-19(21)10-12-31(24)25(33)26(34)32(28(2,3)4)11-8-14-37-13-7-9-20-17-30-18-39-20/h15-18,24H,6,8,10-14H2,1-5H3. The highest BCUT2D eigenvalue weighted by molar-refractivity contribution is 9.10. The van der Waals surface area contributed by atoms with Gasteiger partial charge >= 0.3 is 17.8 Å². The summed E-state index contributed by atoms with van der Waals surface area (Å²) in [6.45, 7) is 8.63. The fourth-order valence-corrected chi connectivity index (χ4v) is 5.31. The molecule has 1 aliphatic heterocycles. The first-order chi connectivity index (χ1) is 18.6. The van der Waals surface area contributed by atoms with Gasteiger partial charge in [0, 0.05) is 25.2 Å². The Morgan fingerprint density at radius 3 is 2.69 bits per heavy atom. The zero-order valence-corrected chi connectivity index (χ0v) is 25.3. The lowest BCUT2D eigenvalue weighted by molar-refractivity contribution is -0.162. The Morgan fingerprint density at radius 2 is 2.05 bits per heavy atom. The van der Waals surface area contributed by atoms with Crippen LogP contribution in [0.1, 0.15) is 56.2 Å². The number of halogens is 1. The van der Waals surface area contributed by atoms with E-state index < -0.39 is 29.4 Å². The molecule has 0 fully saturated rings. The van der Waals surface area contributed by atoms with Gasteiger partial charge in [0.05, 0.1) is 34.8 Å². The van der Waals surface area contributed by atoms with Crippen LogP contribution in [0.15, 0.2) is 28.3 Å². The molecule has 3 rings (SSSR count). The molecule has 0 saturated carbocycles. The molecular formula is C28H34BrN3O6S. The van der Waals surface area contributed by atoms with E-state index in [1.165, 1.54) is 21.1 Å². The molecule has 0 bridgehead atoms. The van der Waals surface area contributed by atoms with Gasteiger partial charge in [-0.1, -0.05) is 11.8 Å². The number of benzene rings is 1. The minimum Gasteiger partial charge on any atom is -0.496 e. The van der Waals surface area contributed by atoms with Crippen LogP contribution in [-0.4, -0.2) is 78.1 Å². The number of thiazole rings is 1. The van der Waals surface area contributed by atoms with Crippen LogP contribution in [0.3, 0.4) is 0 Å². The molecular weight excluding hydrogens is 586 g/mol. The number of fused-ring (bicyclic) bond motifs is 1. The Kier molecular flexibility index (Phi) is 10.9. The molecule has 0 radical (unpaired) electrons. The van der Waals surface area contributed by atoms with Crippen LogP contribution in [-0.2, 0) is 30.3 Å². The summed E-state index contributed by atoms with van der Waals surface area (Å²) in [6.07, 6.45) is 2.69. The lowest BCUT2D eigenvalue weighted by Crippen LogP contribution is -2.55. The predicted molar refractivity (Wildman–Crippen MR) is 151 cm³/mol. The van der Waals surface area contributed by atoms with Crippen molar-refractivity contribution in [2.75, 3.05) is 40.0 Å². The highest BCUT2D eigenvalue weighted by Gasteiger charge is 2.42. The third-order valence-corrected chi connectivity index (χ3v) is 7.45. The maximum Gasteiger partial charge on any atom is 0.333 e. The fraction of sp³-hybridized carbons (Fsp3) is 0.500. The van der Waals surface area contributed by atoms with E-state index in [1.807, 2.05) is 26.8 Å². The molecule has 0 spiro atoms. The van der Waals surface area contributed by atoms with Crippen LogP contribution in [0.5, 0.6) is 5.75 Å². The Bertz CT molecular complexity index is 1230. The average Bonchev–Trinajstić information content (AvgIpc) is 3.41. The SMILES string of the molecule is CCOC(=O)C1c2cc(Br)c(OC)cc2CCN1C(=O)C(=O)N(CCCOCC#Cc1cncs1)C(C)(C)C. The minimum absolute atomic E-state index is 0.153. The number of nitrogens with zero attached hydrogens (tertiary/aromatic N) is 3. The van der Waals surface area contributed by atoms with Crippen molar-refractivity contribution < 1.29 is 28.6 Å². The number of methoxy groups -OCH3 is 1. The third kappa shape index (κ3) is 7.81. The Morgan fingerprint density at radius 1 is 1.28 bits per heavy atom. The number of rotatable bonds is 8.